The number of nitrogens with zero attached hydrogens (tertiary/aromatic N) is 2. The highest BCUT2D eigenvalue weighted by Crippen LogP contribution is 2.06. The van der Waals surface area contributed by atoms with Gasteiger partial charge in [-0.1, -0.05) is 18.2 Å². The maximum Gasteiger partial charge on any atom is 0.274 e. The zero-order chi connectivity index (χ0) is 18.4. The average molecular weight is 349 g/mol. The van der Waals surface area contributed by atoms with Gasteiger partial charge in [0.25, 0.3) is 5.56 Å². The summed E-state index contributed by atoms with van der Waals surface area (Å²) in [4.78, 5) is 28.5. The molecule has 0 saturated heterocycles. The summed E-state index contributed by atoms with van der Waals surface area (Å²) in [5.74, 6) is -0.743. The minimum atomic E-state index is -0.412. The number of pyridine rings is 2. The number of anilines is 1. The van der Waals surface area contributed by atoms with Gasteiger partial charge in [-0.3, -0.25) is 14.6 Å². The van der Waals surface area contributed by atoms with Crippen molar-refractivity contribution in [3.05, 3.63) is 100 Å². The van der Waals surface area contributed by atoms with Crippen molar-refractivity contribution < 1.29 is 9.18 Å². The highest BCUT2D eigenvalue weighted by Gasteiger charge is 2.06. The van der Waals surface area contributed by atoms with E-state index in [2.05, 4.69) is 10.3 Å². The van der Waals surface area contributed by atoms with Gasteiger partial charge < -0.3 is 9.88 Å². The summed E-state index contributed by atoms with van der Waals surface area (Å²) < 4.78 is 14.4. The Labute approximate surface area is 149 Å². The van der Waals surface area contributed by atoms with Gasteiger partial charge in [0.05, 0.1) is 6.54 Å². The molecule has 0 aliphatic carbocycles. The Morgan fingerprint density at radius 3 is 2.69 bits per heavy atom. The Kier molecular flexibility index (Phi) is 5.34. The lowest BCUT2D eigenvalue weighted by Crippen LogP contribution is -2.25. The van der Waals surface area contributed by atoms with Crippen molar-refractivity contribution in [1.29, 1.82) is 0 Å². The first-order chi connectivity index (χ1) is 12.6. The predicted molar refractivity (Wildman–Crippen MR) is 98.1 cm³/mol. The molecular weight excluding hydrogens is 333 g/mol. The minimum Gasteiger partial charge on any atom is -0.318 e. The van der Waals surface area contributed by atoms with Crippen LogP contribution < -0.4 is 10.9 Å². The first-order valence-corrected chi connectivity index (χ1v) is 7.95. The number of amides is 1. The second kappa shape index (κ2) is 8.02. The van der Waals surface area contributed by atoms with Gasteiger partial charge in [-0.15, -0.1) is 0 Å². The molecule has 1 amide bonds. The normalized spacial score (nSPS) is 10.8. The van der Waals surface area contributed by atoms with Crippen LogP contribution in [0.15, 0.2) is 78.0 Å². The first-order valence-electron chi connectivity index (χ1n) is 7.95. The van der Waals surface area contributed by atoms with E-state index in [9.17, 15) is 14.0 Å². The third-order valence-corrected chi connectivity index (χ3v) is 3.66. The fourth-order valence-corrected chi connectivity index (χ4v) is 2.36. The summed E-state index contributed by atoms with van der Waals surface area (Å²) in [7, 11) is 0. The molecule has 0 fully saturated rings. The Balaban J connectivity index is 1.72. The standard InChI is InChI=1S/C20H16FN3O2/c21-17-8-5-16(6-9-17)14-24-12-2-4-18(20(24)26)23-19(25)10-7-15-3-1-11-22-13-15/h1-13H,14H2,(H,23,25). The summed E-state index contributed by atoms with van der Waals surface area (Å²) >= 11 is 0. The molecular formula is C20H16FN3O2. The van der Waals surface area contributed by atoms with Crippen molar-refractivity contribution in [3.63, 3.8) is 0 Å². The van der Waals surface area contributed by atoms with Crippen LogP contribution in [0.5, 0.6) is 0 Å². The highest BCUT2D eigenvalue weighted by molar-refractivity contribution is 6.01. The quantitative estimate of drug-likeness (QED) is 0.720. The molecule has 130 valence electrons. The molecule has 6 heteroatoms. The topological polar surface area (TPSA) is 64.0 Å². The van der Waals surface area contributed by atoms with Crippen LogP contribution in [-0.4, -0.2) is 15.5 Å². The summed E-state index contributed by atoms with van der Waals surface area (Å²) in [6, 6.07) is 12.7. The van der Waals surface area contributed by atoms with E-state index in [0.717, 1.165) is 11.1 Å². The van der Waals surface area contributed by atoms with Crippen molar-refractivity contribution in [1.82, 2.24) is 9.55 Å². The lowest BCUT2D eigenvalue weighted by atomic mass is 10.2. The SMILES string of the molecule is O=C(C=Cc1cccnc1)Nc1cccn(Cc2ccc(F)cc2)c1=O. The number of nitrogens with one attached hydrogen (secondary N) is 1. The van der Waals surface area contributed by atoms with Crippen molar-refractivity contribution in [2.24, 2.45) is 0 Å². The van der Waals surface area contributed by atoms with Crippen LogP contribution in [0.1, 0.15) is 11.1 Å². The van der Waals surface area contributed by atoms with Crippen LogP contribution in [0.4, 0.5) is 10.1 Å². The van der Waals surface area contributed by atoms with Crippen LogP contribution >= 0.6 is 0 Å². The third-order valence-electron chi connectivity index (χ3n) is 3.66. The summed E-state index contributed by atoms with van der Waals surface area (Å²) in [5, 5.41) is 2.58. The maximum atomic E-state index is 13.0. The minimum absolute atomic E-state index is 0.176. The van der Waals surface area contributed by atoms with E-state index in [1.807, 2.05) is 6.07 Å². The maximum absolute atomic E-state index is 13.0. The Morgan fingerprint density at radius 2 is 1.96 bits per heavy atom. The molecule has 0 unspecified atom stereocenters. The molecule has 1 aromatic carbocycles. The molecule has 1 N–H and O–H groups in total. The number of hydrogen-bond acceptors (Lipinski definition) is 3. The molecule has 0 aliphatic heterocycles. The molecule has 3 rings (SSSR count). The molecule has 3 aromatic rings. The molecule has 0 atom stereocenters. The fourth-order valence-electron chi connectivity index (χ4n) is 2.36. The summed E-state index contributed by atoms with van der Waals surface area (Å²) in [6.07, 6.45) is 7.84. The second-order valence-corrected chi connectivity index (χ2v) is 5.59. The molecule has 2 aromatic heterocycles. The first kappa shape index (κ1) is 17.3. The lowest BCUT2D eigenvalue weighted by Gasteiger charge is -2.08. The average Bonchev–Trinajstić information content (AvgIpc) is 2.66. The fraction of sp³-hybridized carbons (Fsp3) is 0.0500. The van der Waals surface area contributed by atoms with Crippen molar-refractivity contribution in [2.75, 3.05) is 5.32 Å². The molecule has 0 radical (unpaired) electrons. The van der Waals surface area contributed by atoms with Gasteiger partial charge in [0, 0.05) is 24.7 Å². The van der Waals surface area contributed by atoms with E-state index in [0.29, 0.717) is 0 Å². The molecule has 0 aliphatic rings. The molecule has 0 saturated carbocycles. The number of halogens is 1. The number of benzene rings is 1. The van der Waals surface area contributed by atoms with Crippen LogP contribution in [0.25, 0.3) is 6.08 Å². The molecule has 26 heavy (non-hydrogen) atoms. The van der Waals surface area contributed by atoms with Crippen LogP contribution in [0.2, 0.25) is 0 Å². The van der Waals surface area contributed by atoms with Crippen LogP contribution in [-0.2, 0) is 11.3 Å². The van der Waals surface area contributed by atoms with Crippen LogP contribution in [0, 0.1) is 5.82 Å². The molecule has 5 nitrogen and oxygen atoms in total. The van der Waals surface area contributed by atoms with Gasteiger partial charge in [0.1, 0.15) is 11.5 Å². The van der Waals surface area contributed by atoms with Crippen LogP contribution in [0.3, 0.4) is 0 Å². The lowest BCUT2D eigenvalue weighted by molar-refractivity contribution is -0.111. The highest BCUT2D eigenvalue weighted by atomic mass is 19.1. The Bertz CT molecular complexity index is 980. The van der Waals surface area contributed by atoms with Gasteiger partial charge in [0.2, 0.25) is 5.91 Å². The Morgan fingerprint density at radius 1 is 1.15 bits per heavy atom. The molecule has 2 heterocycles. The summed E-state index contributed by atoms with van der Waals surface area (Å²) in [6.45, 7) is 0.286. The zero-order valence-corrected chi connectivity index (χ0v) is 13.8. The van der Waals surface area contributed by atoms with Gasteiger partial charge in [0.15, 0.2) is 0 Å². The van der Waals surface area contributed by atoms with E-state index in [1.165, 1.54) is 22.8 Å². The van der Waals surface area contributed by atoms with Crippen molar-refractivity contribution >= 4 is 17.7 Å². The van der Waals surface area contributed by atoms with E-state index >= 15 is 0 Å². The molecule has 0 spiro atoms. The van der Waals surface area contributed by atoms with Gasteiger partial charge in [-0.25, -0.2) is 4.39 Å². The van der Waals surface area contributed by atoms with Gasteiger partial charge >= 0.3 is 0 Å². The van der Waals surface area contributed by atoms with E-state index in [-0.39, 0.29) is 23.6 Å². The largest absolute Gasteiger partial charge is 0.318 e. The number of hydrogen-bond donors (Lipinski definition) is 1. The molecule has 0 bridgehead atoms. The predicted octanol–water partition coefficient (Wildman–Crippen LogP) is 3.08. The zero-order valence-electron chi connectivity index (χ0n) is 13.8. The van der Waals surface area contributed by atoms with E-state index in [4.69, 9.17) is 0 Å². The van der Waals surface area contributed by atoms with Crippen molar-refractivity contribution in [3.8, 4) is 0 Å². The third kappa shape index (κ3) is 4.51. The number of rotatable bonds is 5. The van der Waals surface area contributed by atoms with E-state index < -0.39 is 5.91 Å². The second-order valence-electron chi connectivity index (χ2n) is 5.59. The van der Waals surface area contributed by atoms with Gasteiger partial charge in [-0.2, -0.15) is 0 Å². The summed E-state index contributed by atoms with van der Waals surface area (Å²) in [5.41, 5.74) is 1.41. The number of aromatic nitrogens is 2. The smallest absolute Gasteiger partial charge is 0.274 e. The van der Waals surface area contributed by atoms with Gasteiger partial charge in [-0.05, 0) is 47.5 Å². The van der Waals surface area contributed by atoms with E-state index in [1.54, 1.807) is 55.0 Å². The monoisotopic (exact) mass is 349 g/mol. The van der Waals surface area contributed by atoms with Crippen molar-refractivity contribution in [2.45, 2.75) is 6.54 Å². The number of carbonyl (C=O) groups is 1. The Hall–Kier alpha value is -3.54. The number of carbonyl (C=O) groups excluding carboxylic acids is 1.